The van der Waals surface area contributed by atoms with Gasteiger partial charge in [-0.2, -0.15) is 0 Å². The van der Waals surface area contributed by atoms with Gasteiger partial charge in [0.2, 0.25) is 0 Å². The van der Waals surface area contributed by atoms with Gasteiger partial charge in [0.1, 0.15) is 0 Å². The van der Waals surface area contributed by atoms with Crippen LogP contribution in [0.25, 0.3) is 0 Å². The first-order valence-electron chi connectivity index (χ1n) is 6.69. The molecule has 0 spiro atoms. The Morgan fingerprint density at radius 1 is 1.07 bits per heavy atom. The van der Waals surface area contributed by atoms with E-state index in [0.29, 0.717) is 6.04 Å². The molecule has 2 saturated carbocycles. The lowest BCUT2D eigenvalue weighted by molar-refractivity contribution is 0.140. The first kappa shape index (κ1) is 11.4. The highest BCUT2D eigenvalue weighted by Gasteiger charge is 2.27. The van der Waals surface area contributed by atoms with Gasteiger partial charge in [-0.25, -0.2) is 0 Å². The van der Waals surface area contributed by atoms with E-state index in [1.54, 1.807) is 0 Å². The van der Waals surface area contributed by atoms with Crippen molar-refractivity contribution in [2.75, 3.05) is 6.54 Å². The third-order valence-corrected chi connectivity index (χ3v) is 4.41. The second-order valence-corrected chi connectivity index (χ2v) is 5.53. The molecule has 15 heavy (non-hydrogen) atoms. The Labute approximate surface area is 93.5 Å². The fraction of sp³-hybridized carbons (Fsp3) is 1.00. The van der Waals surface area contributed by atoms with Gasteiger partial charge < -0.3 is 10.4 Å². The van der Waals surface area contributed by atoms with Crippen molar-refractivity contribution in [1.82, 2.24) is 5.32 Å². The summed E-state index contributed by atoms with van der Waals surface area (Å²) in [7, 11) is 0. The quantitative estimate of drug-likeness (QED) is 0.751. The van der Waals surface area contributed by atoms with Crippen LogP contribution in [0.4, 0.5) is 0 Å². The highest BCUT2D eigenvalue weighted by atomic mass is 16.3. The molecule has 0 amide bonds. The molecule has 88 valence electrons. The van der Waals surface area contributed by atoms with Crippen molar-refractivity contribution in [1.29, 1.82) is 0 Å². The van der Waals surface area contributed by atoms with E-state index < -0.39 is 0 Å². The van der Waals surface area contributed by atoms with Crippen LogP contribution in [-0.4, -0.2) is 23.8 Å². The van der Waals surface area contributed by atoms with Crippen LogP contribution >= 0.6 is 0 Å². The third kappa shape index (κ3) is 2.94. The van der Waals surface area contributed by atoms with Crippen molar-refractivity contribution >= 4 is 0 Å². The van der Waals surface area contributed by atoms with Crippen molar-refractivity contribution < 1.29 is 5.11 Å². The maximum absolute atomic E-state index is 9.72. The summed E-state index contributed by atoms with van der Waals surface area (Å²) in [5, 5.41) is 13.3. The number of aliphatic hydroxyl groups excluding tert-OH is 1. The molecule has 2 aliphatic rings. The summed E-state index contributed by atoms with van der Waals surface area (Å²) in [6, 6.07) is 0.388. The molecule has 2 heteroatoms. The lowest BCUT2D eigenvalue weighted by Crippen LogP contribution is -2.40. The van der Waals surface area contributed by atoms with E-state index in [1.165, 1.54) is 38.5 Å². The van der Waals surface area contributed by atoms with Crippen LogP contribution < -0.4 is 5.32 Å². The Morgan fingerprint density at radius 3 is 2.53 bits per heavy atom. The van der Waals surface area contributed by atoms with E-state index in [4.69, 9.17) is 0 Å². The standard InChI is InChI=1S/C13H25NO/c1-10-5-2-3-6-11(10)9-14-12-7-4-8-13(12)15/h10-15H,2-9H2,1H3/t10?,11?,12-,13-/m1/s1. The maximum atomic E-state index is 9.72. The number of hydrogen-bond acceptors (Lipinski definition) is 2. The number of aliphatic hydroxyl groups is 1. The zero-order valence-electron chi connectivity index (χ0n) is 9.91. The van der Waals surface area contributed by atoms with Gasteiger partial charge >= 0.3 is 0 Å². The fourth-order valence-corrected chi connectivity index (χ4v) is 3.18. The highest BCUT2D eigenvalue weighted by Crippen LogP contribution is 2.29. The Balaban J connectivity index is 1.72. The summed E-state index contributed by atoms with van der Waals surface area (Å²) in [6.45, 7) is 3.51. The average molecular weight is 211 g/mol. The van der Waals surface area contributed by atoms with E-state index >= 15 is 0 Å². The molecule has 2 N–H and O–H groups in total. The molecule has 0 heterocycles. The van der Waals surface area contributed by atoms with Gasteiger partial charge in [0, 0.05) is 6.04 Å². The van der Waals surface area contributed by atoms with Crippen LogP contribution in [0, 0.1) is 11.8 Å². The number of rotatable bonds is 3. The Bertz CT molecular complexity index is 195. The molecule has 0 radical (unpaired) electrons. The second-order valence-electron chi connectivity index (χ2n) is 5.53. The van der Waals surface area contributed by atoms with Crippen LogP contribution in [0.3, 0.4) is 0 Å². The highest BCUT2D eigenvalue weighted by molar-refractivity contribution is 4.84. The van der Waals surface area contributed by atoms with Gasteiger partial charge in [-0.3, -0.25) is 0 Å². The first-order chi connectivity index (χ1) is 7.27. The minimum absolute atomic E-state index is 0.0797. The molecule has 0 saturated heterocycles. The molecule has 4 atom stereocenters. The summed E-state index contributed by atoms with van der Waals surface area (Å²) in [6.07, 6.45) is 8.90. The van der Waals surface area contributed by atoms with Gasteiger partial charge in [0.05, 0.1) is 6.10 Å². The summed E-state index contributed by atoms with van der Waals surface area (Å²) in [5.74, 6) is 1.73. The molecule has 0 aromatic rings. The average Bonchev–Trinajstić information content (AvgIpc) is 2.63. The molecule has 2 aliphatic carbocycles. The van der Waals surface area contributed by atoms with Gasteiger partial charge in [-0.05, 0) is 44.1 Å². The summed E-state index contributed by atoms with van der Waals surface area (Å²) in [4.78, 5) is 0. The van der Waals surface area contributed by atoms with Gasteiger partial charge in [0.25, 0.3) is 0 Å². The normalized spacial score (nSPS) is 42.0. The van der Waals surface area contributed by atoms with Crippen molar-refractivity contribution in [3.8, 4) is 0 Å². The van der Waals surface area contributed by atoms with Crippen LogP contribution in [0.2, 0.25) is 0 Å². The monoisotopic (exact) mass is 211 g/mol. The predicted octanol–water partition coefficient (Wildman–Crippen LogP) is 2.32. The number of hydrogen-bond donors (Lipinski definition) is 2. The van der Waals surface area contributed by atoms with Crippen LogP contribution in [-0.2, 0) is 0 Å². The predicted molar refractivity (Wildman–Crippen MR) is 62.8 cm³/mol. The van der Waals surface area contributed by atoms with E-state index in [-0.39, 0.29) is 6.10 Å². The molecule has 2 fully saturated rings. The van der Waals surface area contributed by atoms with Crippen LogP contribution in [0.1, 0.15) is 51.9 Å². The SMILES string of the molecule is CC1CCCCC1CN[C@@H]1CCC[C@H]1O. The summed E-state index contributed by atoms with van der Waals surface area (Å²) in [5.41, 5.74) is 0. The molecule has 2 unspecified atom stereocenters. The summed E-state index contributed by atoms with van der Waals surface area (Å²) < 4.78 is 0. The van der Waals surface area contributed by atoms with Gasteiger partial charge in [-0.1, -0.05) is 26.2 Å². The lowest BCUT2D eigenvalue weighted by Gasteiger charge is -2.30. The fourth-order valence-electron chi connectivity index (χ4n) is 3.18. The van der Waals surface area contributed by atoms with Crippen molar-refractivity contribution in [2.45, 2.75) is 64.0 Å². The molecular formula is C13H25NO. The topological polar surface area (TPSA) is 32.3 Å². The van der Waals surface area contributed by atoms with Gasteiger partial charge in [0.15, 0.2) is 0 Å². The zero-order valence-corrected chi connectivity index (χ0v) is 9.91. The van der Waals surface area contributed by atoms with E-state index in [0.717, 1.165) is 24.8 Å². The second kappa shape index (κ2) is 5.31. The third-order valence-electron chi connectivity index (χ3n) is 4.41. The Morgan fingerprint density at radius 2 is 1.87 bits per heavy atom. The lowest BCUT2D eigenvalue weighted by atomic mass is 9.80. The minimum atomic E-state index is -0.0797. The molecule has 0 bridgehead atoms. The minimum Gasteiger partial charge on any atom is -0.392 e. The van der Waals surface area contributed by atoms with Crippen molar-refractivity contribution in [3.63, 3.8) is 0 Å². The van der Waals surface area contributed by atoms with Crippen molar-refractivity contribution in [3.05, 3.63) is 0 Å². The van der Waals surface area contributed by atoms with E-state index in [9.17, 15) is 5.11 Å². The zero-order chi connectivity index (χ0) is 10.7. The first-order valence-corrected chi connectivity index (χ1v) is 6.69. The van der Waals surface area contributed by atoms with Crippen molar-refractivity contribution in [2.24, 2.45) is 11.8 Å². The molecule has 2 rings (SSSR count). The Kier molecular flexibility index (Phi) is 4.04. The van der Waals surface area contributed by atoms with E-state index in [1.807, 2.05) is 0 Å². The largest absolute Gasteiger partial charge is 0.392 e. The Hall–Kier alpha value is -0.0800. The molecule has 0 aliphatic heterocycles. The van der Waals surface area contributed by atoms with E-state index in [2.05, 4.69) is 12.2 Å². The molecular weight excluding hydrogens is 186 g/mol. The maximum Gasteiger partial charge on any atom is 0.0693 e. The van der Waals surface area contributed by atoms with Gasteiger partial charge in [-0.15, -0.1) is 0 Å². The number of nitrogens with one attached hydrogen (secondary N) is 1. The van der Waals surface area contributed by atoms with Crippen LogP contribution in [0.5, 0.6) is 0 Å². The molecule has 2 nitrogen and oxygen atoms in total. The summed E-state index contributed by atoms with van der Waals surface area (Å²) >= 11 is 0. The smallest absolute Gasteiger partial charge is 0.0693 e. The van der Waals surface area contributed by atoms with Crippen LogP contribution in [0.15, 0.2) is 0 Å². The molecule has 0 aromatic heterocycles. The molecule has 0 aromatic carbocycles.